The molecule has 2 aromatic heterocycles. The fraction of sp³-hybridized carbons (Fsp3) is 0.417. The molecule has 0 atom stereocenters. The van der Waals surface area contributed by atoms with Gasteiger partial charge in [0.2, 0.25) is 0 Å². The highest BCUT2D eigenvalue weighted by atomic mass is 32.2. The summed E-state index contributed by atoms with van der Waals surface area (Å²) in [7, 11) is 0. The van der Waals surface area contributed by atoms with Crippen molar-refractivity contribution < 1.29 is 14.4 Å². The Morgan fingerprint density at radius 2 is 0.618 bits per heavy atom. The lowest BCUT2D eigenvalue weighted by Crippen LogP contribution is -2.28. The summed E-state index contributed by atoms with van der Waals surface area (Å²) in [4.78, 5) is 44.4. The molecule has 0 saturated heterocycles. The molecule has 0 aliphatic heterocycles. The van der Waals surface area contributed by atoms with Crippen LogP contribution in [0, 0.1) is 16.2 Å². The number of carbonyl (C=O) groups excluding carboxylic acids is 3. The number of anilines is 8. The number of nitrogens with two attached hydrogens (primary N) is 1. The molecule has 4 amide bonds. The Morgan fingerprint density at radius 1 is 0.312 bits per heavy atom. The Bertz CT molecular complexity index is 5730. The number of amides is 4. The Morgan fingerprint density at radius 3 is 0.931 bits per heavy atom. The topological polar surface area (TPSA) is 211 Å². The summed E-state index contributed by atoms with van der Waals surface area (Å²) in [6.45, 7) is 79.8. The maximum atomic E-state index is 12.4. The number of thiocarbonyl (C=S) groups is 1. The van der Waals surface area contributed by atoms with Gasteiger partial charge in [0.15, 0.2) is 5.11 Å². The standard InChI is InChI=1S/C18H22N2OS.C18H22N2O.C17H21N.C16H18N2O.2C16H27N.C15H25N.C11H16N2S/c1-5-22-17-15(7-6-12-19-17)16(21)20-14-10-8-13(9-11-14)18(2,3)4;1-18(2,3)15-9-11-16(12-10-15)20-17(21)19-13-14-7-5-4-6-8-14;1-17(2,3)15-9-11-16(12-10-15)18-13-14-7-5-4-6-8-14;1-16(2,3)13-6-8-14(9-7-13)18-15(19)12-5-4-10-17-11-12;1-15(2,3)11-12-17-14-9-7-13(8-10-14)16(4,5)6;1-7-16(5,6)12-17-14-10-8-13(9-11-14)15(2,3)4;1-14(2,3)11-16-13-9-7-12(8-10-13)15(4,5)6;1-11(2,3)8-4-6-9(7-5-8)13-10(12)14/h6-12H,5H2,1-4H3,(H,20,21);4-12H,13H2,1-3H3,(H2,19,20,21);4-12,18H,13H2,1-3H3;4-11H,1-3H3,(H,18,19);7-10,17H,11-12H2,1-6H3;8-11,17H,7,12H2,1-6H3;7-10,16H,11H2,1-6H3;4-7H,1-3H3,(H3,12,13,14). The quantitative estimate of drug-likeness (QED) is 0.0226. The van der Waals surface area contributed by atoms with Crippen LogP contribution in [-0.4, -0.2) is 58.3 Å². The van der Waals surface area contributed by atoms with Gasteiger partial charge in [0.1, 0.15) is 5.03 Å². The minimum atomic E-state index is -0.192. The molecule has 0 radical (unpaired) electrons. The Hall–Kier alpha value is -12.1. The van der Waals surface area contributed by atoms with Gasteiger partial charge in [-0.2, -0.15) is 0 Å². The monoisotopic (exact) mass is 1980 g/mol. The first-order chi connectivity index (χ1) is 66.9. The zero-order chi connectivity index (χ0) is 108. The molecule has 776 valence electrons. The first-order valence-electron chi connectivity index (χ1n) is 51.0. The number of aromatic nitrogens is 2. The highest BCUT2D eigenvalue weighted by Crippen LogP contribution is 2.34. The Balaban J connectivity index is 0.000000291. The van der Waals surface area contributed by atoms with Gasteiger partial charge in [-0.05, 0) is 267 Å². The number of carbonyl (C=O) groups is 3. The van der Waals surface area contributed by atoms with E-state index in [0.717, 1.165) is 65.3 Å². The van der Waals surface area contributed by atoms with Crippen molar-refractivity contribution >= 4 is 92.4 Å². The minimum Gasteiger partial charge on any atom is -0.385 e. The molecule has 0 aliphatic rings. The largest absolute Gasteiger partial charge is 0.385 e. The molecular formula is C127H178N12O3S2. The molecule has 0 bridgehead atoms. The van der Waals surface area contributed by atoms with Gasteiger partial charge in [-0.25, -0.2) is 9.78 Å². The average Bonchev–Trinajstić information content (AvgIpc) is 0.839. The summed E-state index contributed by atoms with van der Waals surface area (Å²) < 4.78 is 0. The van der Waals surface area contributed by atoms with Crippen LogP contribution >= 0.6 is 24.0 Å². The van der Waals surface area contributed by atoms with Crippen molar-refractivity contribution in [1.29, 1.82) is 0 Å². The van der Waals surface area contributed by atoms with Crippen molar-refractivity contribution in [2.75, 3.05) is 67.9 Å². The van der Waals surface area contributed by atoms with Crippen molar-refractivity contribution in [3.05, 3.63) is 364 Å². The van der Waals surface area contributed by atoms with E-state index < -0.39 is 0 Å². The minimum absolute atomic E-state index is 0.108. The van der Waals surface area contributed by atoms with Crippen LogP contribution in [0.1, 0.15) is 325 Å². The van der Waals surface area contributed by atoms with Gasteiger partial charge in [-0.1, -0.05) is 393 Å². The molecule has 12 aromatic rings. The lowest BCUT2D eigenvalue weighted by molar-refractivity contribution is 0.101. The molecule has 0 unspecified atom stereocenters. The van der Waals surface area contributed by atoms with Gasteiger partial charge in [-0.15, -0.1) is 11.8 Å². The van der Waals surface area contributed by atoms with Gasteiger partial charge >= 0.3 is 6.03 Å². The molecule has 10 aromatic carbocycles. The molecular weight excluding hydrogens is 1810 g/mol. The third-order valence-corrected chi connectivity index (χ3v) is 24.6. The van der Waals surface area contributed by atoms with Crippen molar-refractivity contribution in [2.24, 2.45) is 22.0 Å². The van der Waals surface area contributed by atoms with Crippen LogP contribution in [0.3, 0.4) is 0 Å². The normalized spacial score (nSPS) is 11.7. The maximum absolute atomic E-state index is 12.4. The van der Waals surface area contributed by atoms with Crippen LogP contribution in [0.15, 0.2) is 303 Å². The van der Waals surface area contributed by atoms with E-state index in [-0.39, 0.29) is 61.2 Å². The molecule has 12 rings (SSSR count). The molecule has 2 heterocycles. The van der Waals surface area contributed by atoms with Crippen molar-refractivity contribution in [1.82, 2.24) is 15.3 Å². The number of hydrogen-bond acceptors (Lipinski definition) is 11. The highest BCUT2D eigenvalue weighted by Gasteiger charge is 2.23. The van der Waals surface area contributed by atoms with E-state index in [1.165, 1.54) is 85.7 Å². The van der Waals surface area contributed by atoms with E-state index in [4.69, 9.17) is 18.0 Å². The molecule has 144 heavy (non-hydrogen) atoms. The van der Waals surface area contributed by atoms with E-state index in [2.05, 4.69) is 432 Å². The predicted molar refractivity (Wildman–Crippen MR) is 631 cm³/mol. The van der Waals surface area contributed by atoms with E-state index in [0.29, 0.717) is 39.0 Å². The van der Waals surface area contributed by atoms with Gasteiger partial charge in [-0.3, -0.25) is 14.6 Å². The first kappa shape index (κ1) is 122. The number of nitrogens with zero attached hydrogens (tertiary/aromatic N) is 2. The number of pyridine rings is 2. The molecule has 15 nitrogen and oxygen atoms in total. The van der Waals surface area contributed by atoms with E-state index in [1.807, 2.05) is 122 Å². The van der Waals surface area contributed by atoms with Gasteiger partial charge < -0.3 is 53.6 Å². The number of hydrogen-bond donors (Lipinski definition) is 10. The zero-order valence-electron chi connectivity index (χ0n) is 94.0. The van der Waals surface area contributed by atoms with Gasteiger partial charge in [0, 0.05) is 96.8 Å². The van der Waals surface area contributed by atoms with Gasteiger partial charge in [0.05, 0.1) is 11.1 Å². The summed E-state index contributed by atoms with van der Waals surface area (Å²) in [5.74, 6) is 0.626. The lowest BCUT2D eigenvalue weighted by atomic mass is 9.87. The molecule has 0 saturated carbocycles. The Kier molecular flexibility index (Phi) is 48.0. The average molecular weight is 1990 g/mol. The maximum Gasteiger partial charge on any atom is 0.319 e. The summed E-state index contributed by atoms with van der Waals surface area (Å²) >= 11 is 6.33. The summed E-state index contributed by atoms with van der Waals surface area (Å²) in [5, 5.41) is 29.3. The van der Waals surface area contributed by atoms with Crippen LogP contribution < -0.4 is 53.6 Å². The predicted octanol–water partition coefficient (Wildman–Crippen LogP) is 34.0. The van der Waals surface area contributed by atoms with Crippen molar-refractivity contribution in [3.63, 3.8) is 0 Å². The zero-order valence-corrected chi connectivity index (χ0v) is 95.6. The molecule has 11 N–H and O–H groups in total. The Labute approximate surface area is 880 Å². The second-order valence-electron chi connectivity index (χ2n) is 48.2. The fourth-order valence-electron chi connectivity index (χ4n) is 13.6. The second-order valence-corrected chi connectivity index (χ2v) is 49.9. The number of urea groups is 1. The van der Waals surface area contributed by atoms with E-state index >= 15 is 0 Å². The van der Waals surface area contributed by atoms with Gasteiger partial charge in [0.25, 0.3) is 11.8 Å². The van der Waals surface area contributed by atoms with E-state index in [9.17, 15) is 14.4 Å². The third-order valence-electron chi connectivity index (χ3n) is 23.7. The van der Waals surface area contributed by atoms with Crippen LogP contribution in [0.4, 0.5) is 50.3 Å². The van der Waals surface area contributed by atoms with Crippen molar-refractivity contribution in [2.45, 2.75) is 310 Å². The molecule has 0 aliphatic carbocycles. The molecule has 17 heteroatoms. The van der Waals surface area contributed by atoms with Crippen LogP contribution in [0.2, 0.25) is 0 Å². The second kappa shape index (κ2) is 56.4. The SMILES string of the molecule is CC(C)(C)CCNc1ccc(C(C)(C)C)cc1.CC(C)(C)CNc1ccc(C(C)(C)C)cc1.CC(C)(C)c1ccc(NC(=O)NCc2ccccc2)cc1.CC(C)(C)c1ccc(NC(=O)c2cccnc2)cc1.CC(C)(C)c1ccc(NC(N)=S)cc1.CC(C)(C)c1ccc(NCc2ccccc2)cc1.CCC(C)(C)CNc1ccc(C(C)(C)C)cc1.CCSc1ncccc1C(=O)Nc1ccc(C(C)(C)C)cc1. The van der Waals surface area contributed by atoms with Crippen LogP contribution in [0.25, 0.3) is 0 Å². The summed E-state index contributed by atoms with van der Waals surface area (Å²) in [5.41, 5.74) is 30.2. The first-order valence-corrected chi connectivity index (χ1v) is 52.4. The molecule has 0 fully saturated rings. The fourth-order valence-corrected chi connectivity index (χ4v) is 14.4. The number of thioether (sulfide) groups is 1. The summed E-state index contributed by atoms with van der Waals surface area (Å²) in [6, 6.07) is 94.4. The molecule has 0 spiro atoms. The number of rotatable bonds is 22. The van der Waals surface area contributed by atoms with E-state index in [1.54, 1.807) is 48.6 Å². The lowest BCUT2D eigenvalue weighted by Gasteiger charge is -2.24. The number of nitrogens with one attached hydrogen (secondary N) is 9. The number of benzene rings is 10. The van der Waals surface area contributed by atoms with Crippen LogP contribution in [-0.2, 0) is 56.4 Å². The smallest absolute Gasteiger partial charge is 0.319 e. The van der Waals surface area contributed by atoms with Crippen LogP contribution in [0.5, 0.6) is 0 Å². The summed E-state index contributed by atoms with van der Waals surface area (Å²) in [6.07, 6.45) is 7.30. The third kappa shape index (κ3) is 49.0. The van der Waals surface area contributed by atoms with Crippen molar-refractivity contribution in [3.8, 4) is 0 Å². The highest BCUT2D eigenvalue weighted by molar-refractivity contribution is 7.99.